The molecule has 0 atom stereocenters. The number of hydrogen-bond donors (Lipinski definition) is 1. The highest BCUT2D eigenvalue weighted by molar-refractivity contribution is 5.46. The van der Waals surface area contributed by atoms with Crippen LogP contribution in [-0.2, 0) is 0 Å². The number of rotatable bonds is 4. The molecule has 0 amide bonds. The predicted molar refractivity (Wildman–Crippen MR) is 52.3 cm³/mol. The van der Waals surface area contributed by atoms with Crippen LogP contribution in [0.1, 0.15) is 0 Å². The van der Waals surface area contributed by atoms with Crippen LogP contribution in [0.2, 0.25) is 0 Å². The van der Waals surface area contributed by atoms with Gasteiger partial charge in [-0.1, -0.05) is 6.08 Å². The molecule has 70 valence electrons. The zero-order valence-electron chi connectivity index (χ0n) is 7.60. The molecule has 0 aromatic heterocycles. The highest BCUT2D eigenvalue weighted by atomic mass is 16.5. The molecule has 0 saturated carbocycles. The summed E-state index contributed by atoms with van der Waals surface area (Å²) in [6.07, 6.45) is 1.63. The largest absolute Gasteiger partial charge is 0.497 e. The van der Waals surface area contributed by atoms with E-state index in [-0.39, 0.29) is 0 Å². The van der Waals surface area contributed by atoms with Crippen LogP contribution >= 0.6 is 0 Å². The Morgan fingerprint density at radius 1 is 1.46 bits per heavy atom. The van der Waals surface area contributed by atoms with E-state index < -0.39 is 0 Å². The van der Waals surface area contributed by atoms with E-state index in [1.807, 2.05) is 0 Å². The van der Waals surface area contributed by atoms with E-state index in [1.54, 1.807) is 37.5 Å². The van der Waals surface area contributed by atoms with Gasteiger partial charge in [0, 0.05) is 0 Å². The summed E-state index contributed by atoms with van der Waals surface area (Å²) >= 11 is 0. The third-order valence-electron chi connectivity index (χ3n) is 1.67. The second kappa shape index (κ2) is 4.52. The molecule has 0 aliphatic carbocycles. The fourth-order valence-electron chi connectivity index (χ4n) is 0.982. The lowest BCUT2D eigenvalue weighted by molar-refractivity contribution is 0.266. The number of hydrogen-bond acceptors (Lipinski definition) is 3. The second-order valence-electron chi connectivity index (χ2n) is 2.57. The first kappa shape index (κ1) is 9.61. The average Bonchev–Trinajstić information content (AvgIpc) is 2.18. The van der Waals surface area contributed by atoms with Crippen molar-refractivity contribution in [1.82, 2.24) is 0 Å². The van der Waals surface area contributed by atoms with Gasteiger partial charge in [0.1, 0.15) is 5.75 Å². The van der Waals surface area contributed by atoms with Gasteiger partial charge in [-0.2, -0.15) is 0 Å². The van der Waals surface area contributed by atoms with Gasteiger partial charge in [0.2, 0.25) is 0 Å². The molecular formula is C10H13NO2. The first-order valence-corrected chi connectivity index (χ1v) is 3.99. The summed E-state index contributed by atoms with van der Waals surface area (Å²) in [6, 6.07) is 7.15. The van der Waals surface area contributed by atoms with Crippen molar-refractivity contribution in [2.24, 2.45) is 0 Å². The van der Waals surface area contributed by atoms with Crippen LogP contribution in [0.25, 0.3) is 0 Å². The molecule has 0 radical (unpaired) electrons. The van der Waals surface area contributed by atoms with Crippen molar-refractivity contribution in [2.45, 2.75) is 0 Å². The minimum atomic E-state index is 0.409. The van der Waals surface area contributed by atoms with Crippen molar-refractivity contribution in [3.05, 3.63) is 36.9 Å². The Kier molecular flexibility index (Phi) is 3.34. The van der Waals surface area contributed by atoms with E-state index in [4.69, 9.17) is 4.74 Å². The fraction of sp³-hybridized carbons (Fsp3) is 0.200. The van der Waals surface area contributed by atoms with Crippen LogP contribution in [-0.4, -0.2) is 18.9 Å². The maximum Gasteiger partial charge on any atom is 0.119 e. The van der Waals surface area contributed by atoms with E-state index in [1.165, 1.54) is 0 Å². The summed E-state index contributed by atoms with van der Waals surface area (Å²) in [5.74, 6) is 0.774. The summed E-state index contributed by atoms with van der Waals surface area (Å²) in [6.45, 7) is 3.94. The number of ether oxygens (including phenoxy) is 1. The van der Waals surface area contributed by atoms with Crippen molar-refractivity contribution in [3.8, 4) is 5.75 Å². The molecule has 0 aliphatic heterocycles. The molecule has 13 heavy (non-hydrogen) atoms. The van der Waals surface area contributed by atoms with Crippen LogP contribution in [0.5, 0.6) is 5.75 Å². The summed E-state index contributed by atoms with van der Waals surface area (Å²) in [5.41, 5.74) is 0.723. The minimum Gasteiger partial charge on any atom is -0.497 e. The monoisotopic (exact) mass is 179 g/mol. The molecule has 0 spiro atoms. The van der Waals surface area contributed by atoms with Gasteiger partial charge in [-0.25, -0.2) is 0 Å². The second-order valence-corrected chi connectivity index (χ2v) is 2.57. The molecule has 0 bridgehead atoms. The lowest BCUT2D eigenvalue weighted by atomic mass is 10.3. The zero-order valence-corrected chi connectivity index (χ0v) is 7.60. The van der Waals surface area contributed by atoms with Gasteiger partial charge in [0.15, 0.2) is 0 Å². The van der Waals surface area contributed by atoms with Crippen molar-refractivity contribution >= 4 is 5.69 Å². The molecule has 1 N–H and O–H groups in total. The molecule has 1 aromatic carbocycles. The number of nitrogens with zero attached hydrogens (tertiary/aromatic N) is 1. The number of methoxy groups -OCH3 is 1. The molecule has 0 aliphatic rings. The maximum atomic E-state index is 9.41. The molecule has 1 aromatic rings. The van der Waals surface area contributed by atoms with E-state index in [9.17, 15) is 5.21 Å². The predicted octanol–water partition coefficient (Wildman–Crippen LogP) is 2.08. The Balaban J connectivity index is 2.73. The van der Waals surface area contributed by atoms with Crippen molar-refractivity contribution in [1.29, 1.82) is 0 Å². The summed E-state index contributed by atoms with van der Waals surface area (Å²) in [4.78, 5) is 0. The SMILES string of the molecule is C=CCN(O)c1ccc(OC)cc1. The van der Waals surface area contributed by atoms with Crippen molar-refractivity contribution in [3.63, 3.8) is 0 Å². The van der Waals surface area contributed by atoms with Gasteiger partial charge in [-0.05, 0) is 24.3 Å². The van der Waals surface area contributed by atoms with E-state index >= 15 is 0 Å². The Morgan fingerprint density at radius 3 is 2.54 bits per heavy atom. The average molecular weight is 179 g/mol. The smallest absolute Gasteiger partial charge is 0.119 e. The van der Waals surface area contributed by atoms with Gasteiger partial charge in [-0.3, -0.25) is 10.3 Å². The maximum absolute atomic E-state index is 9.41. The Morgan fingerprint density at radius 2 is 2.08 bits per heavy atom. The molecule has 0 saturated heterocycles. The van der Waals surface area contributed by atoms with Crippen LogP contribution in [0.3, 0.4) is 0 Å². The lowest BCUT2D eigenvalue weighted by Crippen LogP contribution is -2.17. The quantitative estimate of drug-likeness (QED) is 0.567. The molecule has 0 fully saturated rings. The fourth-order valence-corrected chi connectivity index (χ4v) is 0.982. The molecule has 0 heterocycles. The zero-order chi connectivity index (χ0) is 9.68. The van der Waals surface area contributed by atoms with E-state index in [0.29, 0.717) is 6.54 Å². The first-order chi connectivity index (χ1) is 6.27. The number of benzene rings is 1. The Hall–Kier alpha value is -1.48. The summed E-state index contributed by atoms with van der Waals surface area (Å²) < 4.78 is 4.99. The highest BCUT2D eigenvalue weighted by Crippen LogP contribution is 2.17. The van der Waals surface area contributed by atoms with Gasteiger partial charge < -0.3 is 4.74 Å². The van der Waals surface area contributed by atoms with E-state index in [0.717, 1.165) is 16.5 Å². The third kappa shape index (κ3) is 2.49. The topological polar surface area (TPSA) is 32.7 Å². The molecular weight excluding hydrogens is 166 g/mol. The van der Waals surface area contributed by atoms with Crippen LogP contribution in [0.4, 0.5) is 5.69 Å². The Labute approximate surface area is 77.8 Å². The van der Waals surface area contributed by atoms with Crippen molar-refractivity contribution < 1.29 is 9.94 Å². The van der Waals surface area contributed by atoms with Gasteiger partial charge in [0.25, 0.3) is 0 Å². The third-order valence-corrected chi connectivity index (χ3v) is 1.67. The molecule has 3 nitrogen and oxygen atoms in total. The van der Waals surface area contributed by atoms with Gasteiger partial charge >= 0.3 is 0 Å². The molecule has 3 heteroatoms. The van der Waals surface area contributed by atoms with Crippen LogP contribution in [0.15, 0.2) is 36.9 Å². The van der Waals surface area contributed by atoms with Crippen LogP contribution in [0, 0.1) is 0 Å². The van der Waals surface area contributed by atoms with Crippen molar-refractivity contribution in [2.75, 3.05) is 18.7 Å². The summed E-state index contributed by atoms with van der Waals surface area (Å²) in [5, 5.41) is 10.5. The standard InChI is InChI=1S/C10H13NO2/c1-3-8-11(12)9-4-6-10(13-2)7-5-9/h3-7,12H,1,8H2,2H3. The minimum absolute atomic E-state index is 0.409. The normalized spacial score (nSPS) is 9.38. The van der Waals surface area contributed by atoms with Crippen LogP contribution < -0.4 is 9.80 Å². The Bertz CT molecular complexity index is 269. The van der Waals surface area contributed by atoms with E-state index in [2.05, 4.69) is 6.58 Å². The highest BCUT2D eigenvalue weighted by Gasteiger charge is 1.99. The molecule has 0 unspecified atom stereocenters. The van der Waals surface area contributed by atoms with Gasteiger partial charge in [0.05, 0.1) is 19.3 Å². The summed E-state index contributed by atoms with van der Waals surface area (Å²) in [7, 11) is 1.61. The number of anilines is 1. The first-order valence-electron chi connectivity index (χ1n) is 3.99. The molecule has 1 rings (SSSR count). The van der Waals surface area contributed by atoms with Gasteiger partial charge in [-0.15, -0.1) is 6.58 Å². The number of hydroxylamine groups is 1. The lowest BCUT2D eigenvalue weighted by Gasteiger charge is -2.14.